The summed E-state index contributed by atoms with van der Waals surface area (Å²) in [5, 5.41) is 8.71. The Kier molecular flexibility index (Phi) is 5.24. The number of aliphatic hydroxyl groups is 1. The van der Waals surface area contributed by atoms with Gasteiger partial charge in [-0.3, -0.25) is 0 Å². The highest BCUT2D eigenvalue weighted by Crippen LogP contribution is 2.33. The first-order valence-corrected chi connectivity index (χ1v) is 8.74. The Morgan fingerprint density at radius 1 is 1.29 bits per heavy atom. The van der Waals surface area contributed by atoms with Crippen LogP contribution in [0.2, 0.25) is 0 Å². The van der Waals surface area contributed by atoms with Gasteiger partial charge in [0.25, 0.3) is 0 Å². The number of benzene rings is 1. The zero-order valence-corrected chi connectivity index (χ0v) is 13.3. The van der Waals surface area contributed by atoms with Crippen molar-refractivity contribution in [2.24, 2.45) is 5.92 Å². The van der Waals surface area contributed by atoms with E-state index in [9.17, 15) is 8.42 Å². The van der Waals surface area contributed by atoms with Gasteiger partial charge in [0.2, 0.25) is 10.0 Å². The van der Waals surface area contributed by atoms with Crippen LogP contribution in [0.15, 0.2) is 29.2 Å². The highest BCUT2D eigenvalue weighted by atomic mass is 32.2. The average molecular weight is 313 g/mol. The molecule has 1 aromatic carbocycles. The molecule has 0 saturated heterocycles. The summed E-state index contributed by atoms with van der Waals surface area (Å²) in [5.41, 5.74) is 0. The summed E-state index contributed by atoms with van der Waals surface area (Å²) in [6.45, 7) is 4.74. The standard InChI is InChI=1S/C15H23NO4S/c1-12(2)11-16(13-3-4-13)21(18,19)15-7-5-14(6-8-15)20-10-9-17/h5-8,12-13,17H,3-4,9-11H2,1-2H3. The number of sulfonamides is 1. The maximum atomic E-state index is 12.7. The van der Waals surface area contributed by atoms with E-state index in [0.29, 0.717) is 23.1 Å². The summed E-state index contributed by atoms with van der Waals surface area (Å²) in [7, 11) is -3.44. The Morgan fingerprint density at radius 3 is 2.38 bits per heavy atom. The van der Waals surface area contributed by atoms with Crippen LogP contribution in [-0.2, 0) is 10.0 Å². The smallest absolute Gasteiger partial charge is 0.243 e. The van der Waals surface area contributed by atoms with Gasteiger partial charge in [0.1, 0.15) is 12.4 Å². The minimum atomic E-state index is -3.44. The van der Waals surface area contributed by atoms with Crippen molar-refractivity contribution < 1.29 is 18.3 Å². The van der Waals surface area contributed by atoms with E-state index in [-0.39, 0.29) is 19.3 Å². The molecule has 0 radical (unpaired) electrons. The van der Waals surface area contributed by atoms with E-state index >= 15 is 0 Å². The molecule has 1 aromatic rings. The largest absolute Gasteiger partial charge is 0.491 e. The van der Waals surface area contributed by atoms with E-state index in [2.05, 4.69) is 0 Å². The van der Waals surface area contributed by atoms with E-state index in [4.69, 9.17) is 9.84 Å². The molecule has 1 N–H and O–H groups in total. The van der Waals surface area contributed by atoms with Crippen LogP contribution in [0.4, 0.5) is 0 Å². The van der Waals surface area contributed by atoms with Crippen LogP contribution in [0.25, 0.3) is 0 Å². The topological polar surface area (TPSA) is 66.8 Å². The molecule has 1 fully saturated rings. The zero-order valence-electron chi connectivity index (χ0n) is 12.5. The van der Waals surface area contributed by atoms with Crippen molar-refractivity contribution in [2.45, 2.75) is 37.6 Å². The predicted octanol–water partition coefficient (Wildman–Crippen LogP) is 1.87. The van der Waals surface area contributed by atoms with Crippen molar-refractivity contribution in [1.29, 1.82) is 0 Å². The molecule has 0 bridgehead atoms. The average Bonchev–Trinajstić information content (AvgIpc) is 3.27. The van der Waals surface area contributed by atoms with Crippen molar-refractivity contribution in [3.63, 3.8) is 0 Å². The van der Waals surface area contributed by atoms with Crippen LogP contribution in [0, 0.1) is 5.92 Å². The summed E-state index contributed by atoms with van der Waals surface area (Å²) in [4.78, 5) is 0.298. The number of ether oxygens (including phenoxy) is 1. The second-order valence-corrected chi connectivity index (χ2v) is 7.63. The third-order valence-corrected chi connectivity index (χ3v) is 5.22. The van der Waals surface area contributed by atoms with Gasteiger partial charge < -0.3 is 9.84 Å². The fraction of sp³-hybridized carbons (Fsp3) is 0.600. The molecule has 21 heavy (non-hydrogen) atoms. The van der Waals surface area contributed by atoms with Crippen molar-refractivity contribution >= 4 is 10.0 Å². The molecule has 0 amide bonds. The lowest BCUT2D eigenvalue weighted by Gasteiger charge is -2.23. The number of hydrogen-bond donors (Lipinski definition) is 1. The van der Waals surface area contributed by atoms with E-state index in [1.54, 1.807) is 28.6 Å². The number of rotatable bonds is 8. The van der Waals surface area contributed by atoms with E-state index < -0.39 is 10.0 Å². The lowest BCUT2D eigenvalue weighted by atomic mass is 10.2. The molecule has 118 valence electrons. The molecule has 0 spiro atoms. The number of aliphatic hydroxyl groups excluding tert-OH is 1. The quantitative estimate of drug-likeness (QED) is 0.795. The fourth-order valence-corrected chi connectivity index (χ4v) is 4.02. The van der Waals surface area contributed by atoms with Gasteiger partial charge in [-0.15, -0.1) is 0 Å². The van der Waals surface area contributed by atoms with E-state index in [0.717, 1.165) is 12.8 Å². The molecule has 5 nitrogen and oxygen atoms in total. The third kappa shape index (κ3) is 4.18. The Labute approximate surface area is 126 Å². The molecule has 0 aliphatic heterocycles. The van der Waals surface area contributed by atoms with Gasteiger partial charge in [-0.1, -0.05) is 13.8 Å². The molecule has 6 heteroatoms. The van der Waals surface area contributed by atoms with Crippen molar-refractivity contribution in [3.05, 3.63) is 24.3 Å². The van der Waals surface area contributed by atoms with Gasteiger partial charge in [0.15, 0.2) is 0 Å². The first-order valence-electron chi connectivity index (χ1n) is 7.30. The predicted molar refractivity (Wildman–Crippen MR) is 80.8 cm³/mol. The molecule has 0 aromatic heterocycles. The minimum Gasteiger partial charge on any atom is -0.491 e. The van der Waals surface area contributed by atoms with Crippen LogP contribution in [0.1, 0.15) is 26.7 Å². The van der Waals surface area contributed by atoms with Crippen LogP contribution >= 0.6 is 0 Å². The summed E-state index contributed by atoms with van der Waals surface area (Å²) < 4.78 is 32.3. The van der Waals surface area contributed by atoms with Crippen LogP contribution < -0.4 is 4.74 Å². The van der Waals surface area contributed by atoms with Gasteiger partial charge in [-0.05, 0) is 43.0 Å². The first-order chi connectivity index (χ1) is 9.95. The van der Waals surface area contributed by atoms with Gasteiger partial charge in [-0.2, -0.15) is 4.31 Å². The van der Waals surface area contributed by atoms with E-state index in [1.807, 2.05) is 13.8 Å². The molecule has 0 heterocycles. The SMILES string of the molecule is CC(C)CN(C1CC1)S(=O)(=O)c1ccc(OCCO)cc1. The highest BCUT2D eigenvalue weighted by Gasteiger charge is 2.38. The maximum Gasteiger partial charge on any atom is 0.243 e. The lowest BCUT2D eigenvalue weighted by molar-refractivity contribution is 0.201. The lowest BCUT2D eigenvalue weighted by Crippen LogP contribution is -2.36. The summed E-state index contributed by atoms with van der Waals surface area (Å²) in [6, 6.07) is 6.55. The summed E-state index contributed by atoms with van der Waals surface area (Å²) in [6.07, 6.45) is 1.90. The van der Waals surface area contributed by atoms with Crippen molar-refractivity contribution in [1.82, 2.24) is 4.31 Å². The molecular formula is C15H23NO4S. The number of hydrogen-bond acceptors (Lipinski definition) is 4. The third-order valence-electron chi connectivity index (χ3n) is 3.29. The molecule has 0 atom stereocenters. The first kappa shape index (κ1) is 16.3. The van der Waals surface area contributed by atoms with Crippen molar-refractivity contribution in [2.75, 3.05) is 19.8 Å². The molecule has 1 saturated carbocycles. The molecular weight excluding hydrogens is 290 g/mol. The molecule has 1 aliphatic rings. The van der Waals surface area contributed by atoms with Gasteiger partial charge in [0.05, 0.1) is 11.5 Å². The second kappa shape index (κ2) is 6.77. The summed E-state index contributed by atoms with van der Waals surface area (Å²) >= 11 is 0. The maximum absolute atomic E-state index is 12.7. The monoisotopic (exact) mass is 313 g/mol. The highest BCUT2D eigenvalue weighted by molar-refractivity contribution is 7.89. The Morgan fingerprint density at radius 2 is 1.90 bits per heavy atom. The molecule has 2 rings (SSSR count). The Hall–Kier alpha value is -1.11. The van der Waals surface area contributed by atoms with Gasteiger partial charge >= 0.3 is 0 Å². The van der Waals surface area contributed by atoms with Crippen molar-refractivity contribution in [3.8, 4) is 5.75 Å². The van der Waals surface area contributed by atoms with Crippen LogP contribution in [0.3, 0.4) is 0 Å². The zero-order chi connectivity index (χ0) is 15.5. The van der Waals surface area contributed by atoms with Gasteiger partial charge in [0, 0.05) is 12.6 Å². The van der Waals surface area contributed by atoms with Crippen LogP contribution in [0.5, 0.6) is 5.75 Å². The molecule has 0 unspecified atom stereocenters. The Balaban J connectivity index is 2.17. The second-order valence-electron chi connectivity index (χ2n) is 5.74. The van der Waals surface area contributed by atoms with Gasteiger partial charge in [-0.25, -0.2) is 8.42 Å². The number of nitrogens with zero attached hydrogens (tertiary/aromatic N) is 1. The van der Waals surface area contributed by atoms with Crippen LogP contribution in [-0.4, -0.2) is 43.6 Å². The molecule has 1 aliphatic carbocycles. The van der Waals surface area contributed by atoms with E-state index in [1.165, 1.54) is 0 Å². The minimum absolute atomic E-state index is 0.0656. The summed E-state index contributed by atoms with van der Waals surface area (Å²) in [5.74, 6) is 0.859. The fourth-order valence-electron chi connectivity index (χ4n) is 2.17. The Bertz CT molecular complexity index is 550. The normalized spacial score (nSPS) is 15.7.